The van der Waals surface area contributed by atoms with Gasteiger partial charge in [0, 0.05) is 24.9 Å². The molecule has 0 radical (unpaired) electrons. The number of esters is 1. The van der Waals surface area contributed by atoms with Gasteiger partial charge in [-0.3, -0.25) is 4.79 Å². The molecule has 1 aromatic heterocycles. The van der Waals surface area contributed by atoms with Crippen molar-refractivity contribution in [3.8, 4) is 11.5 Å². The molecule has 0 fully saturated rings. The summed E-state index contributed by atoms with van der Waals surface area (Å²) in [5, 5.41) is 1.82. The third-order valence-corrected chi connectivity index (χ3v) is 4.52. The summed E-state index contributed by atoms with van der Waals surface area (Å²) in [7, 11) is 3.28. The number of hydrogen-bond donors (Lipinski definition) is 0. The van der Waals surface area contributed by atoms with Crippen LogP contribution >= 0.6 is 0 Å². The maximum Gasteiger partial charge on any atom is 0.347 e. The van der Waals surface area contributed by atoms with E-state index >= 15 is 0 Å². The van der Waals surface area contributed by atoms with Crippen LogP contribution in [0.25, 0.3) is 21.9 Å². The van der Waals surface area contributed by atoms with Gasteiger partial charge in [-0.2, -0.15) is 0 Å². The van der Waals surface area contributed by atoms with Crippen LogP contribution in [0.1, 0.15) is 10.4 Å². The van der Waals surface area contributed by atoms with Crippen LogP contribution in [0, 0.1) is 0 Å². The molecule has 4 aromatic rings. The van der Waals surface area contributed by atoms with E-state index in [2.05, 4.69) is 0 Å². The van der Waals surface area contributed by atoms with Gasteiger partial charge in [0.05, 0.1) is 0 Å². The van der Waals surface area contributed by atoms with Gasteiger partial charge < -0.3 is 18.8 Å². The van der Waals surface area contributed by atoms with Crippen molar-refractivity contribution in [1.29, 1.82) is 0 Å². The number of likely N-dealkylation sites (N-methyl/N-ethyl adjacent to an activating group) is 1. The van der Waals surface area contributed by atoms with E-state index in [1.807, 2.05) is 24.3 Å². The fraction of sp³-hybridized carbons (Fsp3) is 0.130. The number of rotatable bonds is 5. The van der Waals surface area contributed by atoms with E-state index in [4.69, 9.17) is 13.9 Å². The van der Waals surface area contributed by atoms with Crippen LogP contribution in [-0.4, -0.2) is 37.5 Å². The summed E-state index contributed by atoms with van der Waals surface area (Å²) < 4.78 is 16.9. The van der Waals surface area contributed by atoms with Gasteiger partial charge >= 0.3 is 5.97 Å². The molecule has 0 aliphatic rings. The van der Waals surface area contributed by atoms with E-state index in [0.29, 0.717) is 11.5 Å². The summed E-state index contributed by atoms with van der Waals surface area (Å²) in [6.07, 6.45) is 0. The number of carbonyl (C=O) groups is 2. The van der Waals surface area contributed by atoms with Crippen LogP contribution in [0.3, 0.4) is 0 Å². The summed E-state index contributed by atoms with van der Waals surface area (Å²) in [5.74, 6) is -0.0775. The average molecular weight is 389 g/mol. The topological polar surface area (TPSA) is 69.0 Å². The van der Waals surface area contributed by atoms with Gasteiger partial charge in [-0.1, -0.05) is 30.3 Å². The number of hydrogen-bond acceptors (Lipinski definition) is 5. The first-order chi connectivity index (χ1) is 14.0. The smallest absolute Gasteiger partial charge is 0.347 e. The molecule has 0 atom stereocenters. The number of fused-ring (bicyclic) bond motifs is 3. The molecule has 0 bridgehead atoms. The molecule has 0 unspecified atom stereocenters. The Morgan fingerprint density at radius 3 is 2.45 bits per heavy atom. The summed E-state index contributed by atoms with van der Waals surface area (Å²) >= 11 is 0. The Morgan fingerprint density at radius 1 is 0.897 bits per heavy atom. The molecule has 0 saturated carbocycles. The van der Waals surface area contributed by atoms with Crippen molar-refractivity contribution in [2.24, 2.45) is 0 Å². The first-order valence-corrected chi connectivity index (χ1v) is 9.08. The largest absolute Gasteiger partial charge is 0.483 e. The van der Waals surface area contributed by atoms with Crippen molar-refractivity contribution < 1.29 is 23.5 Å². The molecule has 0 aliphatic carbocycles. The van der Waals surface area contributed by atoms with Crippen LogP contribution in [0.4, 0.5) is 0 Å². The molecule has 146 valence electrons. The second-order valence-corrected chi connectivity index (χ2v) is 6.72. The minimum absolute atomic E-state index is 0.162. The van der Waals surface area contributed by atoms with E-state index in [-0.39, 0.29) is 18.1 Å². The lowest BCUT2D eigenvalue weighted by atomic mass is 10.1. The first-order valence-electron chi connectivity index (χ1n) is 9.08. The van der Waals surface area contributed by atoms with Gasteiger partial charge in [0.15, 0.2) is 6.61 Å². The third-order valence-electron chi connectivity index (χ3n) is 4.52. The fourth-order valence-corrected chi connectivity index (χ4v) is 2.96. The van der Waals surface area contributed by atoms with Crippen molar-refractivity contribution >= 4 is 33.8 Å². The third kappa shape index (κ3) is 3.78. The predicted octanol–water partition coefficient (Wildman–Crippen LogP) is 4.27. The highest BCUT2D eigenvalue weighted by Crippen LogP contribution is 2.31. The van der Waals surface area contributed by atoms with Crippen LogP contribution in [0.5, 0.6) is 11.5 Å². The normalized spacial score (nSPS) is 10.8. The number of para-hydroxylation sites is 2. The van der Waals surface area contributed by atoms with Crippen LogP contribution in [0.15, 0.2) is 71.1 Å². The number of ether oxygens (including phenoxy) is 2. The molecule has 3 aromatic carbocycles. The van der Waals surface area contributed by atoms with E-state index in [1.165, 1.54) is 4.90 Å². The van der Waals surface area contributed by atoms with Gasteiger partial charge in [0.1, 0.15) is 28.2 Å². The van der Waals surface area contributed by atoms with E-state index < -0.39 is 5.97 Å². The Labute approximate surface area is 167 Å². The summed E-state index contributed by atoms with van der Waals surface area (Å²) in [6, 6.07) is 19.6. The van der Waals surface area contributed by atoms with E-state index in [1.54, 1.807) is 56.6 Å². The minimum atomic E-state index is -0.565. The molecule has 0 spiro atoms. The molecule has 6 heteroatoms. The van der Waals surface area contributed by atoms with Crippen molar-refractivity contribution in [3.05, 3.63) is 72.3 Å². The maximum atomic E-state index is 12.7. The number of furan rings is 1. The fourth-order valence-electron chi connectivity index (χ4n) is 2.96. The highest BCUT2D eigenvalue weighted by Gasteiger charge is 2.17. The average Bonchev–Trinajstić information content (AvgIpc) is 3.10. The Kier molecular flexibility index (Phi) is 4.91. The Balaban J connectivity index is 1.58. The first kappa shape index (κ1) is 18.6. The standard InChI is InChI=1S/C23H19NO5/c1-24(2)22(25)14-27-19-9-5-4-8-17(19)23(26)28-15-11-12-21-18(13-15)16-7-3-6-10-20(16)29-21/h3-13H,14H2,1-2H3. The number of carbonyl (C=O) groups excluding carboxylic acids is 2. The summed E-state index contributed by atoms with van der Waals surface area (Å²) in [6.45, 7) is -0.162. The molecular formula is C23H19NO5. The quantitative estimate of drug-likeness (QED) is 0.377. The lowest BCUT2D eigenvalue weighted by Crippen LogP contribution is -2.28. The Hall–Kier alpha value is -3.80. The SMILES string of the molecule is CN(C)C(=O)COc1ccccc1C(=O)Oc1ccc2oc3ccccc3c2c1. The van der Waals surface area contributed by atoms with Crippen LogP contribution in [0.2, 0.25) is 0 Å². The molecule has 29 heavy (non-hydrogen) atoms. The second kappa shape index (κ2) is 7.67. The number of nitrogens with zero attached hydrogens (tertiary/aromatic N) is 1. The zero-order valence-electron chi connectivity index (χ0n) is 16.0. The van der Waals surface area contributed by atoms with Gasteiger partial charge in [-0.15, -0.1) is 0 Å². The van der Waals surface area contributed by atoms with Crippen molar-refractivity contribution in [3.63, 3.8) is 0 Å². The highest BCUT2D eigenvalue weighted by atomic mass is 16.5. The Bertz CT molecular complexity index is 1210. The number of amides is 1. The number of benzene rings is 3. The molecule has 1 heterocycles. The molecule has 4 rings (SSSR count). The van der Waals surface area contributed by atoms with Gasteiger partial charge in [-0.25, -0.2) is 4.79 Å². The van der Waals surface area contributed by atoms with Crippen LogP contribution < -0.4 is 9.47 Å². The lowest BCUT2D eigenvalue weighted by molar-refractivity contribution is -0.130. The molecule has 0 N–H and O–H groups in total. The lowest BCUT2D eigenvalue weighted by Gasteiger charge is -2.13. The molecule has 1 amide bonds. The zero-order valence-corrected chi connectivity index (χ0v) is 16.0. The van der Waals surface area contributed by atoms with Crippen LogP contribution in [-0.2, 0) is 4.79 Å². The zero-order chi connectivity index (χ0) is 20.4. The van der Waals surface area contributed by atoms with E-state index in [0.717, 1.165) is 21.9 Å². The Morgan fingerprint density at radius 2 is 1.62 bits per heavy atom. The molecule has 6 nitrogen and oxygen atoms in total. The molecule has 0 saturated heterocycles. The summed E-state index contributed by atoms with van der Waals surface area (Å²) in [5.41, 5.74) is 1.74. The monoisotopic (exact) mass is 389 g/mol. The minimum Gasteiger partial charge on any atom is -0.483 e. The highest BCUT2D eigenvalue weighted by molar-refractivity contribution is 6.05. The van der Waals surface area contributed by atoms with Gasteiger partial charge in [-0.05, 0) is 36.4 Å². The maximum absolute atomic E-state index is 12.7. The predicted molar refractivity (Wildman–Crippen MR) is 109 cm³/mol. The van der Waals surface area contributed by atoms with Gasteiger partial charge in [0.25, 0.3) is 5.91 Å². The molecule has 0 aliphatic heterocycles. The van der Waals surface area contributed by atoms with Crippen molar-refractivity contribution in [2.75, 3.05) is 20.7 Å². The van der Waals surface area contributed by atoms with Crippen molar-refractivity contribution in [1.82, 2.24) is 4.90 Å². The summed E-state index contributed by atoms with van der Waals surface area (Å²) in [4.78, 5) is 25.9. The second-order valence-electron chi connectivity index (χ2n) is 6.72. The molecular weight excluding hydrogens is 370 g/mol. The van der Waals surface area contributed by atoms with Gasteiger partial charge in [0.2, 0.25) is 0 Å². The van der Waals surface area contributed by atoms with E-state index in [9.17, 15) is 9.59 Å². The van der Waals surface area contributed by atoms with Crippen molar-refractivity contribution in [2.45, 2.75) is 0 Å².